The van der Waals surface area contributed by atoms with E-state index >= 15 is 0 Å². The Kier molecular flexibility index (Phi) is 6.00. The maximum Gasteiger partial charge on any atom is 0.325 e. The fourth-order valence-electron chi connectivity index (χ4n) is 2.13. The van der Waals surface area contributed by atoms with Gasteiger partial charge >= 0.3 is 5.97 Å². The van der Waals surface area contributed by atoms with Gasteiger partial charge in [-0.3, -0.25) is 4.79 Å². The predicted octanol–water partition coefficient (Wildman–Crippen LogP) is 4.94. The number of carbonyl (C=O) groups excluding carboxylic acids is 1. The van der Waals surface area contributed by atoms with E-state index in [2.05, 4.69) is 35.0 Å². The SMILES string of the molecule is CC(CCC(Br)C(=O)Oc1ccccc1)c1ccccc1. The first kappa shape index (κ1) is 15.8. The molecule has 0 saturated heterocycles. The van der Waals surface area contributed by atoms with E-state index in [0.717, 1.165) is 12.8 Å². The second-order valence-electron chi connectivity index (χ2n) is 5.09. The summed E-state index contributed by atoms with van der Waals surface area (Å²) < 4.78 is 5.33. The Balaban J connectivity index is 1.81. The lowest BCUT2D eigenvalue weighted by Gasteiger charge is -2.14. The number of hydrogen-bond acceptors (Lipinski definition) is 2. The molecule has 0 N–H and O–H groups in total. The Morgan fingerprint density at radius 1 is 1.00 bits per heavy atom. The van der Waals surface area contributed by atoms with Crippen LogP contribution in [0.25, 0.3) is 0 Å². The molecular weight excluding hydrogens is 328 g/mol. The zero-order valence-electron chi connectivity index (χ0n) is 12.0. The molecule has 2 rings (SSSR count). The van der Waals surface area contributed by atoms with Crippen molar-refractivity contribution in [2.75, 3.05) is 0 Å². The summed E-state index contributed by atoms with van der Waals surface area (Å²) in [6, 6.07) is 19.5. The van der Waals surface area contributed by atoms with Crippen molar-refractivity contribution in [3.05, 3.63) is 66.2 Å². The molecule has 2 unspecified atom stereocenters. The van der Waals surface area contributed by atoms with Crippen LogP contribution in [0.4, 0.5) is 0 Å². The van der Waals surface area contributed by atoms with Crippen molar-refractivity contribution in [2.45, 2.75) is 30.5 Å². The van der Waals surface area contributed by atoms with Gasteiger partial charge in [-0.25, -0.2) is 0 Å². The molecule has 0 aliphatic carbocycles. The van der Waals surface area contributed by atoms with Crippen molar-refractivity contribution in [2.24, 2.45) is 0 Å². The number of para-hydroxylation sites is 1. The van der Waals surface area contributed by atoms with Gasteiger partial charge in [0.1, 0.15) is 10.6 Å². The largest absolute Gasteiger partial charge is 0.426 e. The van der Waals surface area contributed by atoms with Gasteiger partial charge in [-0.2, -0.15) is 0 Å². The van der Waals surface area contributed by atoms with Crippen LogP contribution in [0, 0.1) is 0 Å². The lowest BCUT2D eigenvalue weighted by molar-refractivity contribution is -0.133. The highest BCUT2D eigenvalue weighted by molar-refractivity contribution is 9.10. The summed E-state index contributed by atoms with van der Waals surface area (Å²) in [5, 5.41) is 0. The zero-order valence-corrected chi connectivity index (χ0v) is 13.6. The van der Waals surface area contributed by atoms with Gasteiger partial charge in [-0.05, 0) is 36.5 Å². The van der Waals surface area contributed by atoms with Crippen LogP contribution >= 0.6 is 15.9 Å². The molecule has 0 aliphatic heterocycles. The van der Waals surface area contributed by atoms with Gasteiger partial charge < -0.3 is 4.74 Å². The van der Waals surface area contributed by atoms with Crippen molar-refractivity contribution in [3.63, 3.8) is 0 Å². The fourth-order valence-corrected chi connectivity index (χ4v) is 2.49. The number of ether oxygens (including phenoxy) is 1. The second-order valence-corrected chi connectivity index (χ2v) is 6.20. The van der Waals surface area contributed by atoms with Crippen LogP contribution < -0.4 is 4.74 Å². The molecule has 0 radical (unpaired) electrons. The quantitative estimate of drug-likeness (QED) is 0.420. The van der Waals surface area contributed by atoms with Crippen molar-refractivity contribution < 1.29 is 9.53 Å². The topological polar surface area (TPSA) is 26.3 Å². The molecule has 0 amide bonds. The van der Waals surface area contributed by atoms with Gasteiger partial charge in [0.2, 0.25) is 0 Å². The number of halogens is 1. The zero-order chi connectivity index (χ0) is 15.1. The molecule has 2 aromatic rings. The van der Waals surface area contributed by atoms with Crippen LogP contribution in [0.5, 0.6) is 5.75 Å². The number of benzene rings is 2. The Bertz CT molecular complexity index is 554. The normalized spacial score (nSPS) is 13.4. The highest BCUT2D eigenvalue weighted by Crippen LogP contribution is 2.24. The molecular formula is C18H19BrO2. The van der Waals surface area contributed by atoms with E-state index in [1.54, 1.807) is 12.1 Å². The molecule has 0 saturated carbocycles. The third-order valence-corrected chi connectivity index (χ3v) is 4.27. The number of rotatable bonds is 6. The standard InChI is InChI=1S/C18H19BrO2/c1-14(15-8-4-2-5-9-15)12-13-17(19)18(20)21-16-10-6-3-7-11-16/h2-11,14,17H,12-13H2,1H3. The molecule has 3 heteroatoms. The lowest BCUT2D eigenvalue weighted by atomic mass is 9.95. The first-order valence-electron chi connectivity index (χ1n) is 7.12. The molecule has 2 nitrogen and oxygen atoms in total. The summed E-state index contributed by atoms with van der Waals surface area (Å²) in [6.07, 6.45) is 1.69. The van der Waals surface area contributed by atoms with E-state index in [0.29, 0.717) is 11.7 Å². The second kappa shape index (κ2) is 7.99. The maximum absolute atomic E-state index is 12.0. The van der Waals surface area contributed by atoms with Gasteiger partial charge in [-0.1, -0.05) is 71.4 Å². The van der Waals surface area contributed by atoms with E-state index in [4.69, 9.17) is 4.74 Å². The van der Waals surface area contributed by atoms with Gasteiger partial charge in [0.25, 0.3) is 0 Å². The minimum Gasteiger partial charge on any atom is -0.426 e. The number of esters is 1. The van der Waals surface area contributed by atoms with Crippen LogP contribution in [-0.2, 0) is 4.79 Å². The van der Waals surface area contributed by atoms with Crippen LogP contribution in [0.2, 0.25) is 0 Å². The number of hydrogen-bond donors (Lipinski definition) is 0. The van der Waals surface area contributed by atoms with E-state index in [1.165, 1.54) is 5.56 Å². The molecule has 0 fully saturated rings. The molecule has 2 atom stereocenters. The number of alkyl halides is 1. The molecule has 110 valence electrons. The summed E-state index contributed by atoms with van der Waals surface area (Å²) in [5.74, 6) is 0.778. The smallest absolute Gasteiger partial charge is 0.325 e. The van der Waals surface area contributed by atoms with Gasteiger partial charge in [0, 0.05) is 0 Å². The molecule has 0 bridgehead atoms. The molecule has 0 heterocycles. The van der Waals surface area contributed by atoms with Gasteiger partial charge in [0.05, 0.1) is 0 Å². The van der Waals surface area contributed by atoms with Gasteiger partial charge in [-0.15, -0.1) is 0 Å². The molecule has 0 aliphatic rings. The van der Waals surface area contributed by atoms with Crippen LogP contribution in [0.1, 0.15) is 31.2 Å². The maximum atomic E-state index is 12.0. The minimum atomic E-state index is -0.274. The monoisotopic (exact) mass is 346 g/mol. The summed E-state index contributed by atoms with van der Waals surface area (Å²) >= 11 is 3.43. The highest BCUT2D eigenvalue weighted by Gasteiger charge is 2.18. The third kappa shape index (κ3) is 5.01. The van der Waals surface area contributed by atoms with Gasteiger partial charge in [0.15, 0.2) is 0 Å². The van der Waals surface area contributed by atoms with Crippen molar-refractivity contribution in [1.82, 2.24) is 0 Å². The summed E-state index contributed by atoms with van der Waals surface area (Å²) in [7, 11) is 0. The average Bonchev–Trinajstić information content (AvgIpc) is 2.54. The Morgan fingerprint density at radius 3 is 2.19 bits per heavy atom. The Morgan fingerprint density at radius 2 is 1.57 bits per heavy atom. The van der Waals surface area contributed by atoms with Crippen LogP contribution in [0.3, 0.4) is 0 Å². The summed E-state index contributed by atoms with van der Waals surface area (Å²) in [5.41, 5.74) is 1.30. The van der Waals surface area contributed by atoms with E-state index < -0.39 is 0 Å². The first-order chi connectivity index (χ1) is 10.2. The third-order valence-electron chi connectivity index (χ3n) is 3.44. The highest BCUT2D eigenvalue weighted by atomic mass is 79.9. The average molecular weight is 347 g/mol. The van der Waals surface area contributed by atoms with Crippen molar-refractivity contribution in [3.8, 4) is 5.75 Å². The summed E-state index contributed by atoms with van der Waals surface area (Å²) in [4.78, 5) is 11.7. The van der Waals surface area contributed by atoms with E-state index in [9.17, 15) is 4.79 Å². The Labute approximate surface area is 134 Å². The van der Waals surface area contributed by atoms with E-state index in [-0.39, 0.29) is 10.8 Å². The Hall–Kier alpha value is -1.61. The molecule has 0 spiro atoms. The lowest BCUT2D eigenvalue weighted by Crippen LogP contribution is -2.20. The summed E-state index contributed by atoms with van der Waals surface area (Å²) in [6.45, 7) is 2.18. The first-order valence-corrected chi connectivity index (χ1v) is 8.04. The van der Waals surface area contributed by atoms with E-state index in [1.807, 2.05) is 36.4 Å². The van der Waals surface area contributed by atoms with Crippen molar-refractivity contribution in [1.29, 1.82) is 0 Å². The van der Waals surface area contributed by atoms with Crippen LogP contribution in [0.15, 0.2) is 60.7 Å². The van der Waals surface area contributed by atoms with Crippen LogP contribution in [-0.4, -0.2) is 10.8 Å². The minimum absolute atomic E-state index is 0.235. The predicted molar refractivity (Wildman–Crippen MR) is 88.9 cm³/mol. The fraction of sp³-hybridized carbons (Fsp3) is 0.278. The van der Waals surface area contributed by atoms with Crippen molar-refractivity contribution >= 4 is 21.9 Å². The molecule has 0 aromatic heterocycles. The molecule has 2 aromatic carbocycles. The number of carbonyl (C=O) groups is 1. The molecule has 21 heavy (non-hydrogen) atoms.